The van der Waals surface area contributed by atoms with Crippen LogP contribution in [0.5, 0.6) is 0 Å². The Hall–Kier alpha value is -2.80. The number of fused-ring (bicyclic) bond motifs is 3. The van der Waals surface area contributed by atoms with Crippen LogP contribution in [0, 0.1) is 0 Å². The number of benzene rings is 3. The van der Waals surface area contributed by atoms with Gasteiger partial charge in [-0.2, -0.15) is 0 Å². The molecule has 0 radical (unpaired) electrons. The van der Waals surface area contributed by atoms with Crippen molar-refractivity contribution in [1.29, 1.82) is 0 Å². The van der Waals surface area contributed by atoms with Crippen molar-refractivity contribution in [3.8, 4) is 11.3 Å². The number of nitrogens with one attached hydrogen (secondary N) is 1. The molecule has 0 aliphatic rings. The van der Waals surface area contributed by atoms with E-state index in [0.29, 0.717) is 5.13 Å². The van der Waals surface area contributed by atoms with Gasteiger partial charge in [-0.15, -0.1) is 22.7 Å². The van der Waals surface area contributed by atoms with E-state index >= 15 is 0 Å². The van der Waals surface area contributed by atoms with Gasteiger partial charge in [0.05, 0.1) is 5.69 Å². The maximum atomic E-state index is 12.2. The molecule has 3 aromatic carbocycles. The van der Waals surface area contributed by atoms with Crippen LogP contribution in [0.15, 0.2) is 82.7 Å². The molecule has 2 heterocycles. The summed E-state index contributed by atoms with van der Waals surface area (Å²) in [7, 11) is 0. The SMILES string of the molecule is O=C(/C=C/c1ccc(Br)cc1)Nc1nc(-c2ccc3sc4ccccc4c3c2)cs1. The smallest absolute Gasteiger partial charge is 0.250 e. The summed E-state index contributed by atoms with van der Waals surface area (Å²) in [5, 5.41) is 7.92. The topological polar surface area (TPSA) is 42.0 Å². The average Bonchev–Trinajstić information content (AvgIpc) is 3.37. The minimum atomic E-state index is -0.196. The number of hydrogen-bond acceptors (Lipinski definition) is 4. The van der Waals surface area contributed by atoms with Crippen LogP contribution in [0.1, 0.15) is 5.56 Å². The number of hydrogen-bond donors (Lipinski definition) is 1. The summed E-state index contributed by atoms with van der Waals surface area (Å²) >= 11 is 6.63. The average molecular weight is 491 g/mol. The van der Waals surface area contributed by atoms with Crippen LogP contribution in [0.3, 0.4) is 0 Å². The van der Waals surface area contributed by atoms with Crippen LogP contribution in [-0.2, 0) is 4.79 Å². The first kappa shape index (κ1) is 19.2. The Balaban J connectivity index is 1.35. The molecule has 5 rings (SSSR count). The third-order valence-electron chi connectivity index (χ3n) is 4.70. The Bertz CT molecular complexity index is 1400. The van der Waals surface area contributed by atoms with Crippen LogP contribution in [0.25, 0.3) is 37.5 Å². The molecule has 30 heavy (non-hydrogen) atoms. The lowest BCUT2D eigenvalue weighted by Gasteiger charge is -1.99. The largest absolute Gasteiger partial charge is 0.298 e. The third kappa shape index (κ3) is 3.94. The minimum absolute atomic E-state index is 0.196. The van der Waals surface area contributed by atoms with Gasteiger partial charge in [0, 0.05) is 41.7 Å². The van der Waals surface area contributed by atoms with Crippen LogP contribution >= 0.6 is 38.6 Å². The van der Waals surface area contributed by atoms with Gasteiger partial charge >= 0.3 is 0 Å². The van der Waals surface area contributed by atoms with Crippen molar-refractivity contribution in [2.24, 2.45) is 0 Å². The van der Waals surface area contributed by atoms with E-state index in [1.807, 2.05) is 29.6 Å². The maximum Gasteiger partial charge on any atom is 0.250 e. The van der Waals surface area contributed by atoms with Gasteiger partial charge in [0.25, 0.3) is 0 Å². The van der Waals surface area contributed by atoms with E-state index < -0.39 is 0 Å². The Labute approximate surface area is 189 Å². The highest BCUT2D eigenvalue weighted by atomic mass is 79.9. The molecular weight excluding hydrogens is 476 g/mol. The van der Waals surface area contributed by atoms with Crippen molar-refractivity contribution in [3.05, 3.63) is 88.2 Å². The number of nitrogens with zero attached hydrogens (tertiary/aromatic N) is 1. The second-order valence-electron chi connectivity index (χ2n) is 6.72. The van der Waals surface area contributed by atoms with Gasteiger partial charge in [0.15, 0.2) is 5.13 Å². The zero-order valence-corrected chi connectivity index (χ0v) is 18.9. The fourth-order valence-corrected chi connectivity index (χ4v) is 5.32. The fourth-order valence-electron chi connectivity index (χ4n) is 3.24. The molecule has 1 amide bonds. The Morgan fingerprint density at radius 2 is 1.77 bits per heavy atom. The molecular formula is C24H15BrN2OS2. The molecule has 5 aromatic rings. The molecule has 0 aliphatic carbocycles. The van der Waals surface area contributed by atoms with Gasteiger partial charge < -0.3 is 0 Å². The standard InChI is InChI=1S/C24H15BrN2OS2/c25-17-9-5-15(6-10-17)7-12-23(28)27-24-26-20(14-29-24)16-8-11-22-19(13-16)18-3-1-2-4-21(18)30-22/h1-14H,(H,26,27,28)/b12-7+. The number of rotatable bonds is 4. The zero-order chi connectivity index (χ0) is 20.5. The first-order chi connectivity index (χ1) is 14.7. The van der Waals surface area contributed by atoms with Gasteiger partial charge in [-0.1, -0.05) is 52.3 Å². The first-order valence-electron chi connectivity index (χ1n) is 9.27. The quantitative estimate of drug-likeness (QED) is 0.263. The molecule has 0 bridgehead atoms. The molecule has 0 saturated heterocycles. The summed E-state index contributed by atoms with van der Waals surface area (Å²) in [6, 6.07) is 22.6. The van der Waals surface area contributed by atoms with Gasteiger partial charge in [-0.3, -0.25) is 10.1 Å². The summed E-state index contributed by atoms with van der Waals surface area (Å²) in [5.41, 5.74) is 2.88. The van der Waals surface area contributed by atoms with Crippen molar-refractivity contribution >= 4 is 75.9 Å². The number of aromatic nitrogens is 1. The predicted octanol–water partition coefficient (Wildman–Crippen LogP) is 7.59. The van der Waals surface area contributed by atoms with Crippen molar-refractivity contribution in [3.63, 3.8) is 0 Å². The monoisotopic (exact) mass is 490 g/mol. The highest BCUT2D eigenvalue weighted by molar-refractivity contribution is 9.10. The van der Waals surface area contributed by atoms with Gasteiger partial charge in [-0.25, -0.2) is 4.98 Å². The van der Waals surface area contributed by atoms with Crippen LogP contribution < -0.4 is 5.32 Å². The van der Waals surface area contributed by atoms with Crippen molar-refractivity contribution in [2.45, 2.75) is 0 Å². The number of carbonyl (C=O) groups is 1. The molecule has 1 N–H and O–H groups in total. The molecule has 3 nitrogen and oxygen atoms in total. The first-order valence-corrected chi connectivity index (χ1v) is 11.8. The summed E-state index contributed by atoms with van der Waals surface area (Å²) in [6.07, 6.45) is 3.31. The summed E-state index contributed by atoms with van der Waals surface area (Å²) in [6.45, 7) is 0. The predicted molar refractivity (Wildman–Crippen MR) is 132 cm³/mol. The van der Waals surface area contributed by atoms with E-state index in [2.05, 4.69) is 68.7 Å². The van der Waals surface area contributed by atoms with Gasteiger partial charge in [0.2, 0.25) is 5.91 Å². The second kappa shape index (κ2) is 8.14. The Morgan fingerprint density at radius 3 is 2.63 bits per heavy atom. The molecule has 0 aliphatic heterocycles. The van der Waals surface area contributed by atoms with Crippen LogP contribution in [-0.4, -0.2) is 10.9 Å². The van der Waals surface area contributed by atoms with Crippen molar-refractivity contribution < 1.29 is 4.79 Å². The number of anilines is 1. The molecule has 0 spiro atoms. The molecule has 0 unspecified atom stereocenters. The van der Waals surface area contributed by atoms with Crippen molar-refractivity contribution in [2.75, 3.05) is 5.32 Å². The molecule has 0 atom stereocenters. The normalized spacial score (nSPS) is 11.5. The summed E-state index contributed by atoms with van der Waals surface area (Å²) < 4.78 is 3.56. The molecule has 6 heteroatoms. The minimum Gasteiger partial charge on any atom is -0.298 e. The second-order valence-corrected chi connectivity index (χ2v) is 9.58. The van der Waals surface area contributed by atoms with Crippen molar-refractivity contribution in [1.82, 2.24) is 4.98 Å². The lowest BCUT2D eigenvalue weighted by atomic mass is 10.1. The van der Waals surface area contributed by atoms with Crippen LogP contribution in [0.4, 0.5) is 5.13 Å². The van der Waals surface area contributed by atoms with E-state index in [1.165, 1.54) is 37.6 Å². The zero-order valence-electron chi connectivity index (χ0n) is 15.6. The Morgan fingerprint density at radius 1 is 0.967 bits per heavy atom. The van der Waals surface area contributed by atoms with Crippen LogP contribution in [0.2, 0.25) is 0 Å². The van der Waals surface area contributed by atoms with E-state index in [0.717, 1.165) is 21.3 Å². The lowest BCUT2D eigenvalue weighted by Crippen LogP contribution is -2.07. The maximum absolute atomic E-state index is 12.2. The number of thiophene rings is 1. The Kier molecular flexibility index (Phi) is 5.21. The van der Waals surface area contributed by atoms with E-state index in [1.54, 1.807) is 17.4 Å². The third-order valence-corrected chi connectivity index (χ3v) is 7.14. The van der Waals surface area contributed by atoms with Gasteiger partial charge in [-0.05, 0) is 42.0 Å². The molecule has 146 valence electrons. The highest BCUT2D eigenvalue weighted by Crippen LogP contribution is 2.36. The van der Waals surface area contributed by atoms with E-state index in [4.69, 9.17) is 0 Å². The summed E-state index contributed by atoms with van der Waals surface area (Å²) in [4.78, 5) is 16.9. The van der Waals surface area contributed by atoms with Gasteiger partial charge in [0.1, 0.15) is 0 Å². The number of carbonyl (C=O) groups excluding carboxylic acids is 1. The van der Waals surface area contributed by atoms with E-state index in [-0.39, 0.29) is 5.91 Å². The summed E-state index contributed by atoms with van der Waals surface area (Å²) in [5.74, 6) is -0.196. The lowest BCUT2D eigenvalue weighted by molar-refractivity contribution is -0.111. The molecule has 0 fully saturated rings. The van der Waals surface area contributed by atoms with E-state index in [9.17, 15) is 4.79 Å². The highest BCUT2D eigenvalue weighted by Gasteiger charge is 2.10. The fraction of sp³-hybridized carbons (Fsp3) is 0. The number of amides is 1. The molecule has 0 saturated carbocycles. The number of thiazole rings is 1. The number of halogens is 1. The molecule has 2 aromatic heterocycles.